The number of sulfonamides is 1. The minimum atomic E-state index is -4.66. The van der Waals surface area contributed by atoms with Crippen molar-refractivity contribution in [3.63, 3.8) is 0 Å². The average Bonchev–Trinajstić information content (AvgIpc) is 2.29. The molecule has 0 bridgehead atoms. The van der Waals surface area contributed by atoms with Crippen LogP contribution in [0.25, 0.3) is 0 Å². The largest absolute Gasteiger partial charge is 0.395 e. The van der Waals surface area contributed by atoms with Crippen LogP contribution in [0.4, 0.5) is 8.78 Å². The molecule has 0 radical (unpaired) electrons. The van der Waals surface area contributed by atoms with Gasteiger partial charge in [-0.25, -0.2) is 8.42 Å². The number of alkyl halides is 2. The van der Waals surface area contributed by atoms with Crippen LogP contribution < -0.4 is 0 Å². The van der Waals surface area contributed by atoms with Gasteiger partial charge in [0.05, 0.1) is 6.61 Å². The van der Waals surface area contributed by atoms with Gasteiger partial charge in [-0.2, -0.15) is 13.1 Å². The summed E-state index contributed by atoms with van der Waals surface area (Å²) in [6.45, 7) is -1.02. The third-order valence-corrected chi connectivity index (χ3v) is 3.62. The van der Waals surface area contributed by atoms with Gasteiger partial charge in [0, 0.05) is 13.1 Å². The Balaban J connectivity index is 2.88. The zero-order valence-corrected chi connectivity index (χ0v) is 9.78. The van der Waals surface area contributed by atoms with Gasteiger partial charge in [0.25, 0.3) is 10.0 Å². The molecule has 0 unspecified atom stereocenters. The van der Waals surface area contributed by atoms with Crippen LogP contribution in [0, 0.1) is 0 Å². The predicted octanol–water partition coefficient (Wildman–Crippen LogP) is 1.03. The lowest BCUT2D eigenvalue weighted by Gasteiger charge is -2.20. The standard InChI is InChI=1S/C10H13F2NO3S/c11-10(12)17(15,16)13(6-7-14)8-9-4-2-1-3-5-9/h1-5,10,14H,6-8H2. The molecule has 0 aliphatic heterocycles. The van der Waals surface area contributed by atoms with Crippen molar-refractivity contribution in [2.75, 3.05) is 13.2 Å². The second-order valence-electron chi connectivity index (χ2n) is 3.35. The first-order chi connectivity index (χ1) is 7.98. The monoisotopic (exact) mass is 265 g/mol. The molecule has 0 heterocycles. The van der Waals surface area contributed by atoms with Crippen molar-refractivity contribution < 1.29 is 22.3 Å². The van der Waals surface area contributed by atoms with Gasteiger partial charge in [0.2, 0.25) is 0 Å². The zero-order valence-electron chi connectivity index (χ0n) is 8.96. The van der Waals surface area contributed by atoms with Gasteiger partial charge in [-0.15, -0.1) is 0 Å². The van der Waals surface area contributed by atoms with Gasteiger partial charge >= 0.3 is 5.76 Å². The molecule has 0 atom stereocenters. The van der Waals surface area contributed by atoms with E-state index >= 15 is 0 Å². The lowest BCUT2D eigenvalue weighted by Crippen LogP contribution is -2.36. The maximum absolute atomic E-state index is 12.4. The molecule has 0 aliphatic carbocycles. The molecule has 0 spiro atoms. The lowest BCUT2D eigenvalue weighted by molar-refractivity contribution is 0.204. The zero-order chi connectivity index (χ0) is 12.9. The fourth-order valence-electron chi connectivity index (χ4n) is 1.31. The molecule has 0 saturated heterocycles. The fourth-order valence-corrected chi connectivity index (χ4v) is 2.20. The third-order valence-electron chi connectivity index (χ3n) is 2.14. The highest BCUT2D eigenvalue weighted by atomic mass is 32.2. The smallest absolute Gasteiger partial charge is 0.350 e. The van der Waals surface area contributed by atoms with Crippen LogP contribution in [-0.2, 0) is 16.6 Å². The van der Waals surface area contributed by atoms with E-state index in [4.69, 9.17) is 5.11 Å². The van der Waals surface area contributed by atoms with Crippen LogP contribution in [0.3, 0.4) is 0 Å². The van der Waals surface area contributed by atoms with E-state index in [-0.39, 0.29) is 13.1 Å². The minimum absolute atomic E-state index is 0.173. The second kappa shape index (κ2) is 6.04. The molecule has 17 heavy (non-hydrogen) atoms. The number of benzene rings is 1. The van der Waals surface area contributed by atoms with Crippen molar-refractivity contribution in [1.82, 2.24) is 4.31 Å². The van der Waals surface area contributed by atoms with E-state index in [9.17, 15) is 17.2 Å². The van der Waals surface area contributed by atoms with Crippen molar-refractivity contribution in [1.29, 1.82) is 0 Å². The molecule has 96 valence electrons. The van der Waals surface area contributed by atoms with Gasteiger partial charge in [0.1, 0.15) is 0 Å². The molecule has 4 nitrogen and oxygen atoms in total. The SMILES string of the molecule is O=S(=O)(C(F)F)N(CCO)Cc1ccccc1. The van der Waals surface area contributed by atoms with Gasteiger partial charge in [-0.3, -0.25) is 0 Å². The first-order valence-electron chi connectivity index (χ1n) is 4.90. The Labute approximate surface area is 98.5 Å². The van der Waals surface area contributed by atoms with Crippen molar-refractivity contribution in [3.05, 3.63) is 35.9 Å². The Morgan fingerprint density at radius 2 is 1.82 bits per heavy atom. The Morgan fingerprint density at radius 3 is 2.29 bits per heavy atom. The van der Waals surface area contributed by atoms with Gasteiger partial charge in [-0.1, -0.05) is 30.3 Å². The van der Waals surface area contributed by atoms with Gasteiger partial charge in [0.15, 0.2) is 0 Å². The summed E-state index contributed by atoms with van der Waals surface area (Å²) >= 11 is 0. The molecule has 0 aromatic heterocycles. The molecule has 0 saturated carbocycles. The quantitative estimate of drug-likeness (QED) is 0.836. The third kappa shape index (κ3) is 3.72. The molecule has 7 heteroatoms. The van der Waals surface area contributed by atoms with E-state index in [1.165, 1.54) is 0 Å². The molecule has 1 rings (SSSR count). The summed E-state index contributed by atoms with van der Waals surface area (Å²) in [6, 6.07) is 8.36. The molecule has 1 aromatic carbocycles. The maximum atomic E-state index is 12.4. The van der Waals surface area contributed by atoms with Crippen LogP contribution in [0.2, 0.25) is 0 Å². The molecular formula is C10H13F2NO3S. The Bertz CT molecular complexity index is 436. The molecule has 1 aromatic rings. The normalized spacial score (nSPS) is 12.3. The highest BCUT2D eigenvalue weighted by molar-refractivity contribution is 7.89. The molecule has 0 aliphatic rings. The highest BCUT2D eigenvalue weighted by Gasteiger charge is 2.31. The summed E-state index contributed by atoms with van der Waals surface area (Å²) in [7, 11) is -4.66. The Kier molecular flexibility index (Phi) is 4.98. The Morgan fingerprint density at radius 1 is 1.24 bits per heavy atom. The van der Waals surface area contributed by atoms with Crippen LogP contribution in [0.5, 0.6) is 0 Å². The van der Waals surface area contributed by atoms with E-state index in [0.29, 0.717) is 9.87 Å². The van der Waals surface area contributed by atoms with E-state index in [1.807, 2.05) is 0 Å². The van der Waals surface area contributed by atoms with Crippen LogP contribution in [-0.4, -0.2) is 36.7 Å². The number of aliphatic hydroxyl groups is 1. The molecule has 1 N–H and O–H groups in total. The van der Waals surface area contributed by atoms with Crippen molar-refractivity contribution >= 4 is 10.0 Å². The van der Waals surface area contributed by atoms with E-state index < -0.39 is 22.4 Å². The summed E-state index contributed by atoms with van der Waals surface area (Å²) in [5.74, 6) is -3.47. The number of halogens is 2. The second-order valence-corrected chi connectivity index (χ2v) is 5.25. The number of nitrogens with zero attached hydrogens (tertiary/aromatic N) is 1. The van der Waals surface area contributed by atoms with E-state index in [2.05, 4.69) is 0 Å². The summed E-state index contributed by atoms with van der Waals surface area (Å²) in [5.41, 5.74) is 0.588. The van der Waals surface area contributed by atoms with E-state index in [0.717, 1.165) is 0 Å². The van der Waals surface area contributed by atoms with Gasteiger partial charge < -0.3 is 5.11 Å². The van der Waals surface area contributed by atoms with Crippen LogP contribution in [0.1, 0.15) is 5.56 Å². The number of rotatable bonds is 6. The molecular weight excluding hydrogens is 252 g/mol. The summed E-state index contributed by atoms with van der Waals surface area (Å²) in [6.07, 6.45) is 0. The number of hydrogen-bond acceptors (Lipinski definition) is 3. The highest BCUT2D eigenvalue weighted by Crippen LogP contribution is 2.15. The summed E-state index contributed by atoms with van der Waals surface area (Å²) in [4.78, 5) is 0. The maximum Gasteiger partial charge on any atom is 0.350 e. The average molecular weight is 265 g/mol. The lowest BCUT2D eigenvalue weighted by atomic mass is 10.2. The van der Waals surface area contributed by atoms with Gasteiger partial charge in [-0.05, 0) is 5.56 Å². The summed E-state index contributed by atoms with van der Waals surface area (Å²) in [5, 5.41) is 8.71. The van der Waals surface area contributed by atoms with Crippen molar-refractivity contribution in [2.24, 2.45) is 0 Å². The topological polar surface area (TPSA) is 57.6 Å². The predicted molar refractivity (Wildman–Crippen MR) is 58.9 cm³/mol. The molecule has 0 fully saturated rings. The summed E-state index contributed by atoms with van der Waals surface area (Å²) < 4.78 is 47.9. The number of hydrogen-bond donors (Lipinski definition) is 1. The Hall–Kier alpha value is -1.05. The van der Waals surface area contributed by atoms with Crippen molar-refractivity contribution in [3.8, 4) is 0 Å². The molecule has 0 amide bonds. The van der Waals surface area contributed by atoms with Crippen molar-refractivity contribution in [2.45, 2.75) is 12.3 Å². The first-order valence-corrected chi connectivity index (χ1v) is 6.40. The first kappa shape index (κ1) is 14.0. The van der Waals surface area contributed by atoms with E-state index in [1.54, 1.807) is 30.3 Å². The van der Waals surface area contributed by atoms with Crippen LogP contribution >= 0.6 is 0 Å². The van der Waals surface area contributed by atoms with Crippen LogP contribution in [0.15, 0.2) is 30.3 Å². The number of aliphatic hydroxyl groups excluding tert-OH is 1. The fraction of sp³-hybridized carbons (Fsp3) is 0.400. The minimum Gasteiger partial charge on any atom is -0.395 e.